The number of amides is 4. The van der Waals surface area contributed by atoms with Gasteiger partial charge in [0.2, 0.25) is 5.91 Å². The van der Waals surface area contributed by atoms with Crippen LogP contribution >= 0.6 is 27.7 Å². The van der Waals surface area contributed by atoms with Crippen LogP contribution in [0.2, 0.25) is 0 Å². The Morgan fingerprint density at radius 1 is 1.07 bits per heavy atom. The average molecular weight is 490 g/mol. The van der Waals surface area contributed by atoms with Crippen LogP contribution in [-0.4, -0.2) is 53.4 Å². The lowest BCUT2D eigenvalue weighted by atomic mass is 10.1. The van der Waals surface area contributed by atoms with Gasteiger partial charge in [0.25, 0.3) is 17.1 Å². The van der Waals surface area contributed by atoms with E-state index in [0.717, 1.165) is 16.2 Å². The monoisotopic (exact) mass is 489 g/mol. The number of halogens is 1. The third kappa shape index (κ3) is 4.91. The van der Waals surface area contributed by atoms with Crippen molar-refractivity contribution in [3.8, 4) is 0 Å². The molecule has 2 aromatic carbocycles. The number of nitrogens with one attached hydrogen (secondary N) is 1. The van der Waals surface area contributed by atoms with Gasteiger partial charge in [0.1, 0.15) is 0 Å². The summed E-state index contributed by atoms with van der Waals surface area (Å²) in [7, 11) is 3.32. The molecule has 3 rings (SSSR count). The van der Waals surface area contributed by atoms with E-state index in [0.29, 0.717) is 28.1 Å². The van der Waals surface area contributed by atoms with Gasteiger partial charge >= 0.3 is 0 Å². The number of nitrogens with zero attached hydrogens (tertiary/aromatic N) is 2. The predicted molar refractivity (Wildman–Crippen MR) is 119 cm³/mol. The molecule has 4 amide bonds. The number of fused-ring (bicyclic) bond motifs is 1. The fourth-order valence-electron chi connectivity index (χ4n) is 2.92. The van der Waals surface area contributed by atoms with Gasteiger partial charge in [-0.25, -0.2) is 0 Å². The van der Waals surface area contributed by atoms with Crippen molar-refractivity contribution in [3.05, 3.63) is 58.1 Å². The topological polar surface area (TPSA) is 86.8 Å². The van der Waals surface area contributed by atoms with Gasteiger partial charge in [-0.15, -0.1) is 0 Å². The lowest BCUT2D eigenvalue weighted by molar-refractivity contribution is -0.116. The van der Waals surface area contributed by atoms with Crippen LogP contribution in [-0.2, 0) is 4.79 Å². The van der Waals surface area contributed by atoms with Gasteiger partial charge in [-0.2, -0.15) is 0 Å². The Kier molecular flexibility index (Phi) is 6.94. The second-order valence-corrected chi connectivity index (χ2v) is 8.77. The normalized spacial score (nSPS) is 12.7. The number of carbonyl (C=O) groups excluding carboxylic acids is 4. The van der Waals surface area contributed by atoms with Gasteiger partial charge in [-0.1, -0.05) is 28.1 Å². The minimum Gasteiger partial charge on any atom is -0.339 e. The first-order valence-electron chi connectivity index (χ1n) is 9.21. The van der Waals surface area contributed by atoms with Crippen LogP contribution in [0.15, 0.2) is 51.8 Å². The number of hydrogen-bond acceptors (Lipinski definition) is 5. The van der Waals surface area contributed by atoms with Crippen molar-refractivity contribution in [2.45, 2.75) is 17.7 Å². The summed E-state index contributed by atoms with van der Waals surface area (Å²) in [4.78, 5) is 52.5. The van der Waals surface area contributed by atoms with Crippen molar-refractivity contribution in [3.63, 3.8) is 0 Å². The van der Waals surface area contributed by atoms with Crippen LogP contribution in [0.1, 0.15) is 33.6 Å². The standard InChI is InChI=1S/C21H20BrN3O4S/c1-24(2)21(29)30-17-7-4-3-6-16(17)23-18(26)8-5-11-25-19(27)14-10-9-13(22)12-15(14)20(25)28/h3-4,6-7,9-10,12H,5,8,11H2,1-2H3,(H,23,26). The van der Waals surface area contributed by atoms with Crippen LogP contribution in [0.5, 0.6) is 0 Å². The molecule has 30 heavy (non-hydrogen) atoms. The van der Waals surface area contributed by atoms with Gasteiger partial charge in [-0.3, -0.25) is 24.1 Å². The molecule has 2 aromatic rings. The Hall–Kier alpha value is -2.65. The molecule has 1 aliphatic heterocycles. The summed E-state index contributed by atoms with van der Waals surface area (Å²) in [5, 5.41) is 2.66. The zero-order valence-electron chi connectivity index (χ0n) is 16.5. The third-order valence-electron chi connectivity index (χ3n) is 4.44. The van der Waals surface area contributed by atoms with Gasteiger partial charge in [0, 0.05) is 36.4 Å². The average Bonchev–Trinajstić information content (AvgIpc) is 2.93. The molecule has 0 saturated heterocycles. The molecule has 0 aliphatic carbocycles. The number of hydrogen-bond donors (Lipinski definition) is 1. The highest BCUT2D eigenvalue weighted by Gasteiger charge is 2.35. The van der Waals surface area contributed by atoms with Crippen molar-refractivity contribution >= 4 is 56.3 Å². The lowest BCUT2D eigenvalue weighted by Crippen LogP contribution is -2.31. The maximum absolute atomic E-state index is 12.5. The van der Waals surface area contributed by atoms with Crippen LogP contribution in [0.3, 0.4) is 0 Å². The van der Waals surface area contributed by atoms with E-state index in [2.05, 4.69) is 21.2 Å². The number of anilines is 1. The van der Waals surface area contributed by atoms with Crippen LogP contribution in [0.4, 0.5) is 10.5 Å². The lowest BCUT2D eigenvalue weighted by Gasteiger charge is -2.15. The molecule has 1 heterocycles. The van der Waals surface area contributed by atoms with Crippen LogP contribution < -0.4 is 5.32 Å². The Morgan fingerprint density at radius 3 is 2.50 bits per heavy atom. The third-order valence-corrected chi connectivity index (χ3v) is 6.05. The van der Waals surface area contributed by atoms with Gasteiger partial charge in [0.15, 0.2) is 0 Å². The number of thioether (sulfide) groups is 1. The Balaban J connectivity index is 1.56. The number of carbonyl (C=O) groups is 4. The van der Waals surface area contributed by atoms with Crippen LogP contribution in [0, 0.1) is 0 Å². The van der Waals surface area contributed by atoms with E-state index in [1.807, 2.05) is 0 Å². The van der Waals surface area contributed by atoms with Crippen molar-refractivity contribution in [2.75, 3.05) is 26.0 Å². The van der Waals surface area contributed by atoms with E-state index in [1.165, 1.54) is 9.80 Å². The Bertz CT molecular complexity index is 1030. The smallest absolute Gasteiger partial charge is 0.286 e. The quantitative estimate of drug-likeness (QED) is 0.484. The second kappa shape index (κ2) is 9.44. The van der Waals surface area contributed by atoms with Crippen molar-refractivity contribution in [1.82, 2.24) is 9.80 Å². The number of para-hydroxylation sites is 1. The first-order valence-corrected chi connectivity index (χ1v) is 10.8. The molecule has 156 valence electrons. The van der Waals surface area contributed by atoms with E-state index in [9.17, 15) is 19.2 Å². The molecule has 0 fully saturated rings. The summed E-state index contributed by atoms with van der Waals surface area (Å²) in [6, 6.07) is 12.0. The molecule has 7 nitrogen and oxygen atoms in total. The minimum atomic E-state index is -0.347. The van der Waals surface area contributed by atoms with Gasteiger partial charge in [-0.05, 0) is 48.5 Å². The fourth-order valence-corrected chi connectivity index (χ4v) is 4.03. The SMILES string of the molecule is CN(C)C(=O)Sc1ccccc1NC(=O)CCCN1C(=O)c2ccc(Br)cc2C1=O. The van der Waals surface area contributed by atoms with Crippen LogP contribution in [0.25, 0.3) is 0 Å². The van der Waals surface area contributed by atoms with E-state index >= 15 is 0 Å². The summed E-state index contributed by atoms with van der Waals surface area (Å²) < 4.78 is 0.730. The summed E-state index contributed by atoms with van der Waals surface area (Å²) in [6.45, 7) is 0.160. The minimum absolute atomic E-state index is 0.137. The molecule has 0 spiro atoms. The first-order chi connectivity index (χ1) is 14.3. The largest absolute Gasteiger partial charge is 0.339 e. The molecular formula is C21H20BrN3O4S. The van der Waals surface area contributed by atoms with E-state index < -0.39 is 0 Å². The van der Waals surface area contributed by atoms with Crippen molar-refractivity contribution < 1.29 is 19.2 Å². The van der Waals surface area contributed by atoms with E-state index in [4.69, 9.17) is 0 Å². The van der Waals surface area contributed by atoms with Crippen molar-refractivity contribution in [1.29, 1.82) is 0 Å². The molecule has 1 N–H and O–H groups in total. The molecule has 0 aromatic heterocycles. The Morgan fingerprint density at radius 2 is 1.77 bits per heavy atom. The van der Waals surface area contributed by atoms with E-state index in [-0.39, 0.29) is 35.9 Å². The highest BCUT2D eigenvalue weighted by atomic mass is 79.9. The summed E-state index contributed by atoms with van der Waals surface area (Å²) in [5.41, 5.74) is 1.30. The molecule has 0 unspecified atom stereocenters. The fraction of sp³-hybridized carbons (Fsp3) is 0.238. The maximum Gasteiger partial charge on any atom is 0.286 e. The first kappa shape index (κ1) is 22.0. The van der Waals surface area contributed by atoms with Gasteiger partial charge in [0.05, 0.1) is 16.8 Å². The molecule has 1 aliphatic rings. The number of benzene rings is 2. The molecule has 0 bridgehead atoms. The molecule has 0 saturated carbocycles. The van der Waals surface area contributed by atoms with Crippen molar-refractivity contribution in [2.24, 2.45) is 0 Å². The predicted octanol–water partition coefficient (Wildman–Crippen LogP) is 4.24. The molecule has 0 radical (unpaired) electrons. The Labute approximate surface area is 186 Å². The van der Waals surface area contributed by atoms with Gasteiger partial charge < -0.3 is 10.2 Å². The number of rotatable bonds is 6. The highest BCUT2D eigenvalue weighted by molar-refractivity contribution is 9.10. The molecule has 9 heteroatoms. The maximum atomic E-state index is 12.5. The summed E-state index contributed by atoms with van der Waals surface area (Å²) in [5.74, 6) is -0.938. The molecular weight excluding hydrogens is 470 g/mol. The highest BCUT2D eigenvalue weighted by Crippen LogP contribution is 2.29. The summed E-state index contributed by atoms with van der Waals surface area (Å²) in [6.07, 6.45) is 0.474. The zero-order chi connectivity index (χ0) is 21.8. The van der Waals surface area contributed by atoms with E-state index in [1.54, 1.807) is 56.6 Å². The zero-order valence-corrected chi connectivity index (χ0v) is 18.9. The summed E-state index contributed by atoms with van der Waals surface area (Å²) >= 11 is 4.33. The molecule has 0 atom stereocenters. The number of imide groups is 1. The second-order valence-electron chi connectivity index (χ2n) is 6.86.